The van der Waals surface area contributed by atoms with Gasteiger partial charge in [-0.05, 0) is 12.3 Å². The minimum Gasteiger partial charge on any atom is -0.444 e. The molecule has 1 unspecified atom stereocenters. The van der Waals surface area contributed by atoms with Crippen LogP contribution in [0.5, 0.6) is 0 Å². The maximum absolute atomic E-state index is 11.3. The van der Waals surface area contributed by atoms with Crippen LogP contribution in [0.3, 0.4) is 0 Å². The summed E-state index contributed by atoms with van der Waals surface area (Å²) in [6, 6.07) is 3.61. The number of ether oxygens (including phenoxy) is 1. The number of aromatic amines is 1. The zero-order valence-corrected chi connectivity index (χ0v) is 15.5. The zero-order valence-electron chi connectivity index (χ0n) is 15.5. The lowest BCUT2D eigenvalue weighted by Gasteiger charge is -2.37. The monoisotopic (exact) mass is 359 g/mol. The second-order valence-corrected chi connectivity index (χ2v) is 7.56. The lowest BCUT2D eigenvalue weighted by molar-refractivity contribution is 0.0752. The van der Waals surface area contributed by atoms with Crippen LogP contribution in [0.1, 0.15) is 32.9 Å². The Morgan fingerprint density at radius 2 is 2.19 bits per heavy atom. The molecule has 1 aliphatic heterocycles. The van der Waals surface area contributed by atoms with Crippen LogP contribution >= 0.6 is 0 Å². The lowest BCUT2D eigenvalue weighted by Crippen LogP contribution is -2.47. The van der Waals surface area contributed by atoms with E-state index in [0.717, 1.165) is 11.5 Å². The number of H-pyrrole nitrogens is 1. The Hall–Kier alpha value is -2.84. The van der Waals surface area contributed by atoms with E-state index in [4.69, 9.17) is 10.5 Å². The second kappa shape index (κ2) is 6.81. The second-order valence-electron chi connectivity index (χ2n) is 7.56. The van der Waals surface area contributed by atoms with Crippen LogP contribution in [0.15, 0.2) is 18.3 Å². The molecule has 9 nitrogen and oxygen atoms in total. The van der Waals surface area contributed by atoms with Gasteiger partial charge < -0.3 is 20.7 Å². The number of rotatable bonds is 4. The Balaban J connectivity index is 1.91. The summed E-state index contributed by atoms with van der Waals surface area (Å²) in [4.78, 5) is 22.6. The molecule has 2 aromatic rings. The van der Waals surface area contributed by atoms with Gasteiger partial charge in [0.05, 0.1) is 12.2 Å². The topological polar surface area (TPSA) is 122 Å². The number of anilines is 3. The number of nitrogens with one attached hydrogen (secondary N) is 2. The van der Waals surface area contributed by atoms with Gasteiger partial charge in [0.25, 0.3) is 0 Å². The number of amides is 1. The van der Waals surface area contributed by atoms with Crippen molar-refractivity contribution < 1.29 is 9.53 Å². The molecule has 9 heteroatoms. The van der Waals surface area contributed by atoms with Crippen LogP contribution < -0.4 is 16.0 Å². The first-order valence-corrected chi connectivity index (χ1v) is 8.59. The van der Waals surface area contributed by atoms with E-state index < -0.39 is 6.09 Å². The highest BCUT2D eigenvalue weighted by molar-refractivity contribution is 5.65. The van der Waals surface area contributed by atoms with Crippen molar-refractivity contribution in [2.75, 3.05) is 16.8 Å². The number of aromatic nitrogens is 4. The Morgan fingerprint density at radius 1 is 1.42 bits per heavy atom. The average Bonchev–Trinajstić information content (AvgIpc) is 3.15. The van der Waals surface area contributed by atoms with E-state index in [0.29, 0.717) is 24.7 Å². The zero-order chi connectivity index (χ0) is 18.9. The van der Waals surface area contributed by atoms with E-state index in [1.807, 2.05) is 19.1 Å². The van der Waals surface area contributed by atoms with Gasteiger partial charge in [-0.2, -0.15) is 10.1 Å². The van der Waals surface area contributed by atoms with Crippen molar-refractivity contribution in [3.05, 3.63) is 24.0 Å². The molecule has 3 rings (SSSR count). The van der Waals surface area contributed by atoms with Crippen LogP contribution in [-0.2, 0) is 4.74 Å². The predicted octanol–water partition coefficient (Wildman–Crippen LogP) is 2.34. The normalized spacial score (nSPS) is 20.2. The third-order valence-electron chi connectivity index (χ3n) is 4.36. The van der Waals surface area contributed by atoms with Crippen LogP contribution in [-0.4, -0.2) is 44.9 Å². The highest BCUT2D eigenvalue weighted by Gasteiger charge is 2.45. The van der Waals surface area contributed by atoms with Gasteiger partial charge in [0, 0.05) is 30.8 Å². The van der Waals surface area contributed by atoms with Crippen molar-refractivity contribution in [3.8, 4) is 0 Å². The highest BCUT2D eigenvalue weighted by atomic mass is 16.6. The van der Waals surface area contributed by atoms with Gasteiger partial charge in [-0.3, -0.25) is 5.10 Å². The smallest absolute Gasteiger partial charge is 0.404 e. The average molecular weight is 359 g/mol. The summed E-state index contributed by atoms with van der Waals surface area (Å²) >= 11 is 0. The first-order valence-electron chi connectivity index (χ1n) is 8.59. The maximum Gasteiger partial charge on any atom is 0.404 e. The molecule has 3 heterocycles. The number of nitrogens with zero attached hydrogens (tertiary/aromatic N) is 4. The Labute approximate surface area is 152 Å². The fourth-order valence-electron chi connectivity index (χ4n) is 3.49. The summed E-state index contributed by atoms with van der Waals surface area (Å²) in [5.41, 5.74) is 5.94. The van der Waals surface area contributed by atoms with Gasteiger partial charge in [-0.1, -0.05) is 20.8 Å². The molecule has 0 aromatic carbocycles. The molecule has 2 atom stereocenters. The van der Waals surface area contributed by atoms with Crippen molar-refractivity contribution in [1.82, 2.24) is 20.2 Å². The molecule has 0 saturated carbocycles. The van der Waals surface area contributed by atoms with Crippen molar-refractivity contribution in [2.24, 2.45) is 11.1 Å². The fraction of sp³-hybridized carbons (Fsp3) is 0.529. The Bertz CT molecular complexity index is 770. The van der Waals surface area contributed by atoms with Crippen molar-refractivity contribution in [3.63, 3.8) is 0 Å². The van der Waals surface area contributed by atoms with E-state index in [-0.39, 0.29) is 17.6 Å². The molecule has 2 aromatic heterocycles. The number of carbonyl (C=O) groups is 1. The van der Waals surface area contributed by atoms with Gasteiger partial charge in [0.1, 0.15) is 17.7 Å². The predicted molar refractivity (Wildman–Crippen MR) is 98.3 cm³/mol. The minimum absolute atomic E-state index is 0.0724. The summed E-state index contributed by atoms with van der Waals surface area (Å²) in [6.07, 6.45) is 1.31. The molecule has 26 heavy (non-hydrogen) atoms. The summed E-state index contributed by atoms with van der Waals surface area (Å²) < 4.78 is 5.36. The van der Waals surface area contributed by atoms with E-state index in [1.54, 1.807) is 6.20 Å². The largest absolute Gasteiger partial charge is 0.444 e. The van der Waals surface area contributed by atoms with Crippen LogP contribution in [0.25, 0.3) is 0 Å². The number of hydrogen-bond donors (Lipinski definition) is 3. The molecule has 1 fully saturated rings. The molecule has 0 spiro atoms. The molecule has 1 amide bonds. The maximum atomic E-state index is 11.3. The first kappa shape index (κ1) is 18.0. The van der Waals surface area contributed by atoms with E-state index in [1.165, 1.54) is 0 Å². The molecule has 0 radical (unpaired) electrons. The summed E-state index contributed by atoms with van der Waals surface area (Å²) in [5, 5.41) is 9.95. The SMILES string of the molecule is Cc1cc(Nc2ccn[nH]2)nc(N2CC[C@H](OC(N)=O)C2C(C)(C)C)n1. The number of nitrogens with two attached hydrogens (primary N) is 1. The third-order valence-corrected chi connectivity index (χ3v) is 4.36. The van der Waals surface area contributed by atoms with Crippen LogP contribution in [0.4, 0.5) is 22.4 Å². The summed E-state index contributed by atoms with van der Waals surface area (Å²) in [7, 11) is 0. The molecule has 0 aliphatic carbocycles. The molecule has 140 valence electrons. The summed E-state index contributed by atoms with van der Waals surface area (Å²) in [5.74, 6) is 2.02. The van der Waals surface area contributed by atoms with Crippen LogP contribution in [0.2, 0.25) is 0 Å². The molecule has 0 bridgehead atoms. The van der Waals surface area contributed by atoms with Crippen molar-refractivity contribution in [1.29, 1.82) is 0 Å². The molecular weight excluding hydrogens is 334 g/mol. The first-order chi connectivity index (χ1) is 12.2. The van der Waals surface area contributed by atoms with E-state index in [2.05, 4.69) is 51.2 Å². The number of carbonyl (C=O) groups excluding carboxylic acids is 1. The van der Waals surface area contributed by atoms with Gasteiger partial charge in [-0.25, -0.2) is 9.78 Å². The molecular formula is C17H25N7O2. The Morgan fingerprint density at radius 3 is 2.81 bits per heavy atom. The van der Waals surface area contributed by atoms with E-state index in [9.17, 15) is 4.79 Å². The Kier molecular flexibility index (Phi) is 4.71. The van der Waals surface area contributed by atoms with E-state index >= 15 is 0 Å². The van der Waals surface area contributed by atoms with Gasteiger partial charge in [0.2, 0.25) is 5.95 Å². The number of primary amides is 1. The highest BCUT2D eigenvalue weighted by Crippen LogP contribution is 2.37. The van der Waals surface area contributed by atoms with Gasteiger partial charge >= 0.3 is 6.09 Å². The lowest BCUT2D eigenvalue weighted by atomic mass is 9.84. The quantitative estimate of drug-likeness (QED) is 0.766. The third kappa shape index (κ3) is 3.87. The standard InChI is InChI=1S/C17H25N7O2/c1-10-9-13(21-12-5-7-19-23-12)22-16(20-10)24-8-6-11(26-15(18)25)14(24)17(2,3)4/h5,7,9,11,14H,6,8H2,1-4H3,(H2,18,25)(H2,19,20,21,22,23)/t11-,14?/m0/s1. The minimum atomic E-state index is -0.752. The molecule has 1 aliphatic rings. The fourth-order valence-corrected chi connectivity index (χ4v) is 3.49. The molecule has 4 N–H and O–H groups in total. The molecule has 1 saturated heterocycles. The van der Waals surface area contributed by atoms with Crippen molar-refractivity contribution in [2.45, 2.75) is 46.3 Å². The summed E-state index contributed by atoms with van der Waals surface area (Å²) in [6.45, 7) is 8.92. The van der Waals surface area contributed by atoms with Gasteiger partial charge in [-0.15, -0.1) is 0 Å². The van der Waals surface area contributed by atoms with Crippen molar-refractivity contribution >= 4 is 23.7 Å². The van der Waals surface area contributed by atoms with Crippen LogP contribution in [0, 0.1) is 12.3 Å². The number of hydrogen-bond acceptors (Lipinski definition) is 7. The number of aryl methyl sites for hydroxylation is 1. The van der Waals surface area contributed by atoms with Gasteiger partial charge in [0.15, 0.2) is 0 Å².